The van der Waals surface area contributed by atoms with Crippen molar-refractivity contribution in [3.8, 4) is 17.1 Å². The number of urea groups is 1. The van der Waals surface area contributed by atoms with Crippen LogP contribution in [0, 0.1) is 0 Å². The minimum absolute atomic E-state index is 0.0324. The van der Waals surface area contributed by atoms with Gasteiger partial charge in [-0.25, -0.2) is 19.7 Å². The Morgan fingerprint density at radius 3 is 2.52 bits per heavy atom. The van der Waals surface area contributed by atoms with Crippen LogP contribution in [0.1, 0.15) is 17.8 Å². The smallest absolute Gasteiger partial charge is 0.383 e. The molecular formula is C26H26F3N9O2. The molecule has 14 heteroatoms. The molecule has 2 amide bonds. The van der Waals surface area contributed by atoms with Gasteiger partial charge in [-0.05, 0) is 36.4 Å². The van der Waals surface area contributed by atoms with Crippen LogP contribution in [0.2, 0.25) is 0 Å². The van der Waals surface area contributed by atoms with Gasteiger partial charge in [0.05, 0.1) is 29.7 Å². The first-order valence-electron chi connectivity index (χ1n) is 12.8. The fourth-order valence-corrected chi connectivity index (χ4v) is 5.16. The van der Waals surface area contributed by atoms with Gasteiger partial charge in [0.2, 0.25) is 0 Å². The summed E-state index contributed by atoms with van der Waals surface area (Å²) in [5, 5.41) is 14.6. The summed E-state index contributed by atoms with van der Waals surface area (Å²) in [5.74, 6) is 0.392. The molecule has 2 saturated heterocycles. The van der Waals surface area contributed by atoms with E-state index in [9.17, 15) is 23.1 Å². The number of nitrogens with two attached hydrogens (primary N) is 1. The fourth-order valence-electron chi connectivity index (χ4n) is 5.16. The third kappa shape index (κ3) is 4.58. The molecule has 4 aromatic heterocycles. The number of nitrogen functional groups attached to an aromatic ring is 1. The zero-order valence-electron chi connectivity index (χ0n) is 21.3. The number of piperazine rings is 1. The molecule has 0 spiro atoms. The Bertz CT molecular complexity index is 1570. The molecule has 40 heavy (non-hydrogen) atoms. The van der Waals surface area contributed by atoms with Gasteiger partial charge in [-0.1, -0.05) is 0 Å². The fraction of sp³-hybridized carbons (Fsp3) is 0.346. The Kier molecular flexibility index (Phi) is 6.30. The van der Waals surface area contributed by atoms with Gasteiger partial charge in [-0.15, -0.1) is 0 Å². The first-order chi connectivity index (χ1) is 19.1. The second kappa shape index (κ2) is 9.71. The summed E-state index contributed by atoms with van der Waals surface area (Å²) >= 11 is 0. The number of fused-ring (bicyclic) bond motifs is 1. The van der Waals surface area contributed by atoms with Crippen molar-refractivity contribution in [2.45, 2.75) is 18.2 Å². The number of halogens is 3. The molecule has 2 aliphatic heterocycles. The molecule has 0 saturated carbocycles. The maximum Gasteiger partial charge on any atom is 0.433 e. The van der Waals surface area contributed by atoms with E-state index < -0.39 is 17.5 Å². The topological polar surface area (TPSA) is 138 Å². The Labute approximate surface area is 226 Å². The van der Waals surface area contributed by atoms with E-state index in [-0.39, 0.29) is 35.4 Å². The van der Waals surface area contributed by atoms with Crippen LogP contribution in [0.5, 0.6) is 0 Å². The Balaban J connectivity index is 1.36. The molecule has 2 aliphatic rings. The van der Waals surface area contributed by atoms with Gasteiger partial charge in [0.1, 0.15) is 22.6 Å². The number of β-amino-alcohol motifs (C(OH)–C–C–N with tert-alkyl or cyclic N) is 1. The normalized spacial score (nSPS) is 19.9. The second-order valence-electron chi connectivity index (χ2n) is 9.87. The average molecular weight is 554 g/mol. The number of rotatable bonds is 3. The number of nitrogens with zero attached hydrogens (tertiary/aromatic N) is 7. The van der Waals surface area contributed by atoms with Crippen LogP contribution in [0.4, 0.5) is 23.8 Å². The summed E-state index contributed by atoms with van der Waals surface area (Å²) in [4.78, 5) is 33.3. The van der Waals surface area contributed by atoms with E-state index in [0.717, 1.165) is 19.2 Å². The molecule has 4 aromatic rings. The Morgan fingerprint density at radius 1 is 1.02 bits per heavy atom. The van der Waals surface area contributed by atoms with Crippen molar-refractivity contribution in [1.82, 2.24) is 39.6 Å². The lowest BCUT2D eigenvalue weighted by Crippen LogP contribution is -2.51. The third-order valence-electron chi connectivity index (χ3n) is 7.26. The van der Waals surface area contributed by atoms with E-state index >= 15 is 0 Å². The van der Waals surface area contributed by atoms with Gasteiger partial charge in [0, 0.05) is 45.3 Å². The maximum atomic E-state index is 13.5. The molecule has 0 aromatic carbocycles. The van der Waals surface area contributed by atoms with Crippen molar-refractivity contribution in [2.75, 3.05) is 45.0 Å². The average Bonchev–Trinajstić information content (AvgIpc) is 3.54. The molecule has 11 nitrogen and oxygen atoms in total. The van der Waals surface area contributed by atoms with Gasteiger partial charge in [-0.3, -0.25) is 9.55 Å². The van der Waals surface area contributed by atoms with Crippen LogP contribution in [0.15, 0.2) is 48.8 Å². The third-order valence-corrected chi connectivity index (χ3v) is 7.26. The molecule has 208 valence electrons. The van der Waals surface area contributed by atoms with Crippen molar-refractivity contribution >= 4 is 23.0 Å². The Morgan fingerprint density at radius 2 is 1.82 bits per heavy atom. The highest BCUT2D eigenvalue weighted by molar-refractivity contribution is 5.82. The minimum Gasteiger partial charge on any atom is -0.383 e. The number of anilines is 1. The molecule has 2 fully saturated rings. The first kappa shape index (κ1) is 26.0. The summed E-state index contributed by atoms with van der Waals surface area (Å²) < 4.78 is 42.0. The predicted octanol–water partition coefficient (Wildman–Crippen LogP) is 2.40. The zero-order chi connectivity index (χ0) is 28.1. The molecule has 4 N–H and O–H groups in total. The number of amides is 2. The Hall–Kier alpha value is -4.30. The number of likely N-dealkylation sites (tertiary alicyclic amines) is 1. The van der Waals surface area contributed by atoms with Crippen LogP contribution in [0.3, 0.4) is 0 Å². The lowest BCUT2D eigenvalue weighted by molar-refractivity contribution is -0.141. The van der Waals surface area contributed by atoms with Crippen molar-refractivity contribution in [3.05, 3.63) is 60.2 Å². The molecule has 0 aliphatic carbocycles. The predicted molar refractivity (Wildman–Crippen MR) is 139 cm³/mol. The molecule has 1 atom stereocenters. The van der Waals surface area contributed by atoms with Crippen molar-refractivity contribution in [1.29, 1.82) is 0 Å². The molecule has 1 unspecified atom stereocenters. The van der Waals surface area contributed by atoms with Gasteiger partial charge in [0.15, 0.2) is 11.5 Å². The highest BCUT2D eigenvalue weighted by Crippen LogP contribution is 2.35. The number of nitrogens with one attached hydrogen (secondary N) is 1. The number of hydrogen-bond acceptors (Lipinski definition) is 8. The van der Waals surface area contributed by atoms with Gasteiger partial charge < -0.3 is 26.0 Å². The van der Waals surface area contributed by atoms with Crippen molar-refractivity contribution < 1.29 is 23.1 Å². The van der Waals surface area contributed by atoms with E-state index in [0.29, 0.717) is 43.0 Å². The number of aromatic nitrogens is 5. The van der Waals surface area contributed by atoms with Crippen LogP contribution >= 0.6 is 0 Å². The largest absolute Gasteiger partial charge is 0.433 e. The van der Waals surface area contributed by atoms with Crippen LogP contribution in [0.25, 0.3) is 28.2 Å². The van der Waals surface area contributed by atoms with E-state index in [1.54, 1.807) is 34.1 Å². The number of aliphatic hydroxyl groups is 1. The standard InChI is InChI=1S/C26H26F3N9O2/c27-26(28,29)20-6-4-18-23(35-20)38(22(34-18)17-2-1-8-32-21(17)30)16-3-5-19(33-14-16)25(40)7-11-37(15-25)24(39)36-12-9-31-10-13-36/h1-6,8,14,31,40H,7,9-13,15H2,(H2,30,32). The SMILES string of the molecule is Nc1ncccc1-c1nc2ccc(C(F)(F)F)nc2n1-c1ccc(C2(O)CCN(C(=O)N3CCNCC3)C2)nc1. The molecule has 0 radical (unpaired) electrons. The van der Waals surface area contributed by atoms with E-state index in [1.807, 2.05) is 0 Å². The van der Waals surface area contributed by atoms with Crippen LogP contribution < -0.4 is 11.1 Å². The number of alkyl halides is 3. The zero-order valence-corrected chi connectivity index (χ0v) is 21.3. The van der Waals surface area contributed by atoms with E-state index in [4.69, 9.17) is 5.73 Å². The highest BCUT2D eigenvalue weighted by Gasteiger charge is 2.42. The summed E-state index contributed by atoms with van der Waals surface area (Å²) in [6.45, 7) is 3.12. The quantitative estimate of drug-likeness (QED) is 0.352. The molecule has 0 bridgehead atoms. The summed E-state index contributed by atoms with van der Waals surface area (Å²) in [5.41, 5.74) is 4.98. The lowest BCUT2D eigenvalue weighted by atomic mass is 9.98. The number of carbonyl (C=O) groups is 1. The number of imidazole rings is 1. The number of pyridine rings is 3. The minimum atomic E-state index is -4.65. The van der Waals surface area contributed by atoms with E-state index in [2.05, 4.69) is 25.3 Å². The summed E-state index contributed by atoms with van der Waals surface area (Å²) in [6.07, 6.45) is -1.41. The lowest BCUT2D eigenvalue weighted by Gasteiger charge is -2.32. The van der Waals surface area contributed by atoms with E-state index in [1.165, 1.54) is 23.0 Å². The maximum absolute atomic E-state index is 13.5. The van der Waals surface area contributed by atoms with Gasteiger partial charge in [0.25, 0.3) is 0 Å². The number of carbonyl (C=O) groups excluding carboxylic acids is 1. The van der Waals surface area contributed by atoms with Crippen molar-refractivity contribution in [2.24, 2.45) is 0 Å². The molecule has 6 heterocycles. The first-order valence-corrected chi connectivity index (χ1v) is 12.8. The second-order valence-corrected chi connectivity index (χ2v) is 9.87. The van der Waals surface area contributed by atoms with Gasteiger partial charge >= 0.3 is 12.2 Å². The summed E-state index contributed by atoms with van der Waals surface area (Å²) in [7, 11) is 0. The molecular weight excluding hydrogens is 527 g/mol. The molecule has 6 rings (SSSR count). The van der Waals surface area contributed by atoms with Crippen LogP contribution in [-0.2, 0) is 11.8 Å². The van der Waals surface area contributed by atoms with Gasteiger partial charge in [-0.2, -0.15) is 13.2 Å². The monoisotopic (exact) mass is 553 g/mol. The number of hydrogen-bond donors (Lipinski definition) is 3. The van der Waals surface area contributed by atoms with Crippen molar-refractivity contribution in [3.63, 3.8) is 0 Å². The van der Waals surface area contributed by atoms with Crippen LogP contribution in [-0.4, -0.2) is 84.7 Å². The highest BCUT2D eigenvalue weighted by atomic mass is 19.4. The summed E-state index contributed by atoms with van der Waals surface area (Å²) in [6, 6.07) is 8.55.